The van der Waals surface area contributed by atoms with Crippen LogP contribution in [0, 0.1) is 18.3 Å². The molecule has 0 unspecified atom stereocenters. The fourth-order valence-electron chi connectivity index (χ4n) is 1.57. The van der Waals surface area contributed by atoms with E-state index in [-0.39, 0.29) is 17.0 Å². The number of carbonyl (C=O) groups excluding carboxylic acids is 1. The van der Waals surface area contributed by atoms with Crippen molar-refractivity contribution in [3.05, 3.63) is 29.3 Å². The van der Waals surface area contributed by atoms with Crippen LogP contribution in [0.5, 0.6) is 0 Å². The average molecular weight is 292 g/mol. The highest BCUT2D eigenvalue weighted by molar-refractivity contribution is 5.93. The number of aromatic carboxylic acids is 1. The summed E-state index contributed by atoms with van der Waals surface area (Å²) in [4.78, 5) is 22.9. The van der Waals surface area contributed by atoms with Crippen molar-refractivity contribution in [1.82, 2.24) is 5.32 Å². The third kappa shape index (κ3) is 4.77. The Bertz CT molecular complexity index is 536. The third-order valence-corrected chi connectivity index (χ3v) is 4.00. The van der Waals surface area contributed by atoms with Crippen LogP contribution in [-0.4, -0.2) is 23.7 Å². The van der Waals surface area contributed by atoms with E-state index in [0.29, 0.717) is 18.2 Å². The van der Waals surface area contributed by atoms with Gasteiger partial charge in [-0.25, -0.2) is 9.59 Å². The summed E-state index contributed by atoms with van der Waals surface area (Å²) in [6, 6.07) is 4.33. The molecule has 0 saturated carbocycles. The van der Waals surface area contributed by atoms with E-state index in [0.717, 1.165) is 5.56 Å². The van der Waals surface area contributed by atoms with Gasteiger partial charge in [0.2, 0.25) is 0 Å². The van der Waals surface area contributed by atoms with Gasteiger partial charge in [-0.05, 0) is 36.0 Å². The predicted octanol–water partition coefficient (Wildman–Crippen LogP) is 3.50. The summed E-state index contributed by atoms with van der Waals surface area (Å²) in [6.07, 6.45) is 0. The Balaban J connectivity index is 2.71. The fraction of sp³-hybridized carbons (Fsp3) is 0.500. The second-order valence-electron chi connectivity index (χ2n) is 6.29. The fourth-order valence-corrected chi connectivity index (χ4v) is 1.57. The Morgan fingerprint density at radius 1 is 1.29 bits per heavy atom. The maximum atomic E-state index is 11.9. The van der Waals surface area contributed by atoms with Crippen LogP contribution in [0.25, 0.3) is 0 Å². The molecule has 1 aromatic rings. The summed E-state index contributed by atoms with van der Waals surface area (Å²) in [7, 11) is 0. The Labute approximate surface area is 125 Å². The largest absolute Gasteiger partial charge is 0.478 e. The van der Waals surface area contributed by atoms with Gasteiger partial charge in [0.1, 0.15) is 0 Å². The molecule has 0 aliphatic rings. The second kappa shape index (κ2) is 6.61. The van der Waals surface area contributed by atoms with E-state index >= 15 is 0 Å². The SMILES string of the molecule is Cc1ccc(C(=O)O)cc1NC(=O)NCC(C)(C)C(C)C. The van der Waals surface area contributed by atoms with E-state index in [1.54, 1.807) is 6.07 Å². The number of rotatable bonds is 5. The predicted molar refractivity (Wildman–Crippen MR) is 83.8 cm³/mol. The first-order chi connectivity index (χ1) is 9.63. The van der Waals surface area contributed by atoms with E-state index in [9.17, 15) is 9.59 Å². The highest BCUT2D eigenvalue weighted by Crippen LogP contribution is 2.24. The lowest BCUT2D eigenvalue weighted by molar-refractivity contribution is 0.0697. The molecule has 2 amide bonds. The zero-order chi connectivity index (χ0) is 16.2. The molecule has 1 aromatic carbocycles. The van der Waals surface area contributed by atoms with Crippen LogP contribution >= 0.6 is 0 Å². The Morgan fingerprint density at radius 3 is 2.43 bits per heavy atom. The van der Waals surface area contributed by atoms with Crippen LogP contribution in [0.1, 0.15) is 43.6 Å². The molecule has 0 fully saturated rings. The molecule has 0 heterocycles. The summed E-state index contributed by atoms with van der Waals surface area (Å²) in [6.45, 7) is 10.8. The number of aryl methyl sites for hydroxylation is 1. The molecule has 5 heteroatoms. The second-order valence-corrected chi connectivity index (χ2v) is 6.29. The first-order valence-electron chi connectivity index (χ1n) is 7.02. The molecule has 0 bridgehead atoms. The van der Waals surface area contributed by atoms with E-state index < -0.39 is 5.97 Å². The van der Waals surface area contributed by atoms with E-state index in [1.807, 2.05) is 6.92 Å². The van der Waals surface area contributed by atoms with Crippen molar-refractivity contribution < 1.29 is 14.7 Å². The standard InChI is InChI=1S/C16H24N2O3/c1-10(2)16(4,5)9-17-15(21)18-13-8-12(14(19)20)7-6-11(13)3/h6-8,10H,9H2,1-5H3,(H,19,20)(H2,17,18,21). The van der Waals surface area contributed by atoms with E-state index in [4.69, 9.17) is 5.11 Å². The van der Waals surface area contributed by atoms with Crippen molar-refractivity contribution in [1.29, 1.82) is 0 Å². The van der Waals surface area contributed by atoms with Gasteiger partial charge in [0.15, 0.2) is 0 Å². The van der Waals surface area contributed by atoms with Crippen molar-refractivity contribution in [2.75, 3.05) is 11.9 Å². The van der Waals surface area contributed by atoms with Crippen molar-refractivity contribution in [2.45, 2.75) is 34.6 Å². The van der Waals surface area contributed by atoms with Crippen LogP contribution in [-0.2, 0) is 0 Å². The van der Waals surface area contributed by atoms with Gasteiger partial charge in [-0.1, -0.05) is 33.8 Å². The normalized spacial score (nSPS) is 11.3. The van der Waals surface area contributed by atoms with Crippen molar-refractivity contribution in [3.8, 4) is 0 Å². The van der Waals surface area contributed by atoms with Crippen LogP contribution in [0.4, 0.5) is 10.5 Å². The number of carboxylic acid groups (broad SMARTS) is 1. The molecule has 0 aliphatic heterocycles. The van der Waals surface area contributed by atoms with Gasteiger partial charge in [-0.3, -0.25) is 0 Å². The Kier molecular flexibility index (Phi) is 5.35. The highest BCUT2D eigenvalue weighted by Gasteiger charge is 2.23. The van der Waals surface area contributed by atoms with Gasteiger partial charge in [0, 0.05) is 12.2 Å². The van der Waals surface area contributed by atoms with Gasteiger partial charge < -0.3 is 15.7 Å². The number of nitrogens with one attached hydrogen (secondary N) is 2. The molecule has 0 spiro atoms. The minimum absolute atomic E-state index is 0.00467. The number of anilines is 1. The molecule has 0 aromatic heterocycles. The molecule has 0 atom stereocenters. The summed E-state index contributed by atoms with van der Waals surface area (Å²) in [5.74, 6) is -0.575. The van der Waals surface area contributed by atoms with Gasteiger partial charge in [0.05, 0.1) is 5.56 Å². The molecule has 5 nitrogen and oxygen atoms in total. The quantitative estimate of drug-likeness (QED) is 0.777. The zero-order valence-electron chi connectivity index (χ0n) is 13.3. The number of carboxylic acids is 1. The van der Waals surface area contributed by atoms with Crippen LogP contribution < -0.4 is 10.6 Å². The number of carbonyl (C=O) groups is 2. The van der Waals surface area contributed by atoms with Gasteiger partial charge in [0.25, 0.3) is 0 Å². The highest BCUT2D eigenvalue weighted by atomic mass is 16.4. The third-order valence-electron chi connectivity index (χ3n) is 4.00. The molecule has 0 saturated heterocycles. The lowest BCUT2D eigenvalue weighted by atomic mass is 9.81. The zero-order valence-corrected chi connectivity index (χ0v) is 13.3. The molecule has 21 heavy (non-hydrogen) atoms. The summed E-state index contributed by atoms with van der Waals surface area (Å²) < 4.78 is 0. The number of amides is 2. The lowest BCUT2D eigenvalue weighted by Gasteiger charge is -2.29. The maximum Gasteiger partial charge on any atom is 0.335 e. The van der Waals surface area contributed by atoms with Crippen LogP contribution in [0.15, 0.2) is 18.2 Å². The lowest BCUT2D eigenvalue weighted by Crippen LogP contribution is -2.39. The monoisotopic (exact) mass is 292 g/mol. The average Bonchev–Trinajstić information content (AvgIpc) is 2.38. The first-order valence-corrected chi connectivity index (χ1v) is 7.02. The van der Waals surface area contributed by atoms with Gasteiger partial charge >= 0.3 is 12.0 Å². The Hall–Kier alpha value is -2.04. The molecule has 1 rings (SSSR count). The van der Waals surface area contributed by atoms with Crippen molar-refractivity contribution in [2.24, 2.45) is 11.3 Å². The van der Waals surface area contributed by atoms with Crippen LogP contribution in [0.2, 0.25) is 0 Å². The molecule has 3 N–H and O–H groups in total. The van der Waals surface area contributed by atoms with Crippen molar-refractivity contribution >= 4 is 17.7 Å². The first kappa shape index (κ1) is 17.0. The van der Waals surface area contributed by atoms with Crippen LogP contribution in [0.3, 0.4) is 0 Å². The number of hydrogen-bond donors (Lipinski definition) is 3. The smallest absolute Gasteiger partial charge is 0.335 e. The summed E-state index contributed by atoms with van der Waals surface area (Å²) in [5, 5.41) is 14.5. The summed E-state index contributed by atoms with van der Waals surface area (Å²) in [5.41, 5.74) is 1.47. The molecular weight excluding hydrogens is 268 g/mol. The molecule has 116 valence electrons. The molecule has 0 aliphatic carbocycles. The van der Waals surface area contributed by atoms with E-state index in [1.165, 1.54) is 12.1 Å². The molecular formula is C16H24N2O3. The number of urea groups is 1. The minimum atomic E-state index is -1.01. The number of benzene rings is 1. The van der Waals surface area contributed by atoms with Gasteiger partial charge in [-0.2, -0.15) is 0 Å². The van der Waals surface area contributed by atoms with E-state index in [2.05, 4.69) is 38.3 Å². The number of hydrogen-bond acceptors (Lipinski definition) is 2. The van der Waals surface area contributed by atoms with Crippen molar-refractivity contribution in [3.63, 3.8) is 0 Å². The topological polar surface area (TPSA) is 78.4 Å². The minimum Gasteiger partial charge on any atom is -0.478 e. The maximum absolute atomic E-state index is 11.9. The Morgan fingerprint density at radius 2 is 1.90 bits per heavy atom. The summed E-state index contributed by atoms with van der Waals surface area (Å²) >= 11 is 0. The molecule has 0 radical (unpaired) electrons. The van der Waals surface area contributed by atoms with Gasteiger partial charge in [-0.15, -0.1) is 0 Å².